The first-order valence-electron chi connectivity index (χ1n) is 1.87. The second-order valence-electron chi connectivity index (χ2n) is 1.28. The van der Waals surface area contributed by atoms with Gasteiger partial charge in [-0.05, 0) is 7.05 Å². The predicted octanol–water partition coefficient (Wildman–Crippen LogP) is -0.473. The molecule has 1 rings (SSSR count). The lowest BCUT2D eigenvalue weighted by molar-refractivity contribution is 0.744. The molecule has 1 heterocycles. The molecule has 0 aliphatic carbocycles. The van der Waals surface area contributed by atoms with Crippen LogP contribution in [-0.2, 0) is 0 Å². The third kappa shape index (κ3) is 0.480. The van der Waals surface area contributed by atoms with Crippen molar-refractivity contribution in [2.24, 2.45) is 0 Å². The minimum Gasteiger partial charge on any atom is -0.417 e. The fraction of sp³-hybridized carbons (Fsp3) is 0.333. The van der Waals surface area contributed by atoms with E-state index in [4.69, 9.17) is 0 Å². The maximum absolute atomic E-state index is 2.89. The van der Waals surface area contributed by atoms with Crippen LogP contribution in [0.15, 0.2) is 12.4 Å². The third-order valence-electron chi connectivity index (χ3n) is 0.684. The zero-order valence-electron chi connectivity index (χ0n) is 3.68. The molecule has 0 aromatic heterocycles. The first kappa shape index (κ1) is 3.59. The Morgan fingerprint density at radius 1 is 1.83 bits per heavy atom. The van der Waals surface area contributed by atoms with Crippen LogP contribution in [0.2, 0.25) is 0 Å². The van der Waals surface area contributed by atoms with E-state index in [1.807, 2.05) is 31.8 Å². The molecule has 1 aliphatic heterocycles. The zero-order valence-corrected chi connectivity index (χ0v) is 3.68. The van der Waals surface area contributed by atoms with Crippen molar-refractivity contribution in [1.29, 1.82) is 0 Å². The standard InChI is InChI=1S/C3H6BN2/c1-6-3-2-5-4-6/h2-3,5H,1H3. The highest BCUT2D eigenvalue weighted by atomic mass is 15.1. The Kier molecular flexibility index (Phi) is 0.745. The van der Waals surface area contributed by atoms with Crippen molar-refractivity contribution in [2.45, 2.75) is 0 Å². The summed E-state index contributed by atoms with van der Waals surface area (Å²) in [4.78, 5) is 1.94. The van der Waals surface area contributed by atoms with E-state index in [-0.39, 0.29) is 0 Å². The zero-order chi connectivity index (χ0) is 4.41. The lowest BCUT2D eigenvalue weighted by Gasteiger charge is -1.99. The van der Waals surface area contributed by atoms with Crippen LogP contribution in [0.25, 0.3) is 0 Å². The van der Waals surface area contributed by atoms with Crippen molar-refractivity contribution in [3.05, 3.63) is 12.4 Å². The van der Waals surface area contributed by atoms with Crippen LogP contribution in [0.5, 0.6) is 0 Å². The quantitative estimate of drug-likeness (QED) is 0.396. The fourth-order valence-electron chi connectivity index (χ4n) is 0.364. The van der Waals surface area contributed by atoms with E-state index in [0.717, 1.165) is 0 Å². The molecule has 0 aromatic rings. The molecule has 31 valence electrons. The molecule has 1 N–H and O–H groups in total. The van der Waals surface area contributed by atoms with Crippen molar-refractivity contribution in [3.63, 3.8) is 0 Å². The van der Waals surface area contributed by atoms with Gasteiger partial charge in [-0.25, -0.2) is 0 Å². The van der Waals surface area contributed by atoms with Gasteiger partial charge in [-0.15, -0.1) is 0 Å². The third-order valence-corrected chi connectivity index (χ3v) is 0.684. The molecule has 3 heteroatoms. The van der Waals surface area contributed by atoms with Gasteiger partial charge in [0.25, 0.3) is 0 Å². The van der Waals surface area contributed by atoms with Crippen LogP contribution in [-0.4, -0.2) is 19.4 Å². The second kappa shape index (κ2) is 1.24. The van der Waals surface area contributed by atoms with Gasteiger partial charge >= 0.3 is 7.55 Å². The van der Waals surface area contributed by atoms with Crippen LogP contribution in [0.3, 0.4) is 0 Å². The summed E-state index contributed by atoms with van der Waals surface area (Å²) in [5.74, 6) is 0. The molecule has 0 saturated heterocycles. The van der Waals surface area contributed by atoms with E-state index in [1.165, 1.54) is 0 Å². The first-order valence-corrected chi connectivity index (χ1v) is 1.87. The van der Waals surface area contributed by atoms with Gasteiger partial charge in [0.1, 0.15) is 0 Å². The van der Waals surface area contributed by atoms with Gasteiger partial charge in [-0.3, -0.25) is 0 Å². The van der Waals surface area contributed by atoms with Crippen molar-refractivity contribution in [3.8, 4) is 0 Å². The SMILES string of the molecule is CN1[B]NC=C1. The van der Waals surface area contributed by atoms with Crippen LogP contribution in [0.1, 0.15) is 0 Å². The fourth-order valence-corrected chi connectivity index (χ4v) is 0.364. The number of nitrogens with zero attached hydrogens (tertiary/aromatic N) is 1. The summed E-state index contributed by atoms with van der Waals surface area (Å²) in [5.41, 5.74) is 0. The molecular weight excluding hydrogens is 74.9 g/mol. The summed E-state index contributed by atoms with van der Waals surface area (Å²) in [6, 6.07) is 0. The van der Waals surface area contributed by atoms with Gasteiger partial charge in [0, 0.05) is 12.4 Å². The number of rotatable bonds is 0. The Bertz CT molecular complexity index is 71.2. The molecule has 0 spiro atoms. The van der Waals surface area contributed by atoms with Gasteiger partial charge in [0.05, 0.1) is 0 Å². The largest absolute Gasteiger partial charge is 0.417 e. The minimum atomic E-state index is 1.88. The van der Waals surface area contributed by atoms with E-state index in [2.05, 4.69) is 5.23 Å². The maximum atomic E-state index is 2.89. The highest BCUT2D eigenvalue weighted by Gasteiger charge is 1.96. The van der Waals surface area contributed by atoms with Gasteiger partial charge < -0.3 is 10.0 Å². The molecule has 0 fully saturated rings. The predicted molar refractivity (Wildman–Crippen MR) is 25.8 cm³/mol. The van der Waals surface area contributed by atoms with Crippen molar-refractivity contribution >= 4 is 7.55 Å². The summed E-state index contributed by atoms with van der Waals surface area (Å²) >= 11 is 0. The molecular formula is C3H6BN2. The Morgan fingerprint density at radius 3 is 2.83 bits per heavy atom. The maximum Gasteiger partial charge on any atom is 0.387 e. The summed E-state index contributed by atoms with van der Waals surface area (Å²) in [6.45, 7) is 0. The first-order chi connectivity index (χ1) is 2.89. The van der Waals surface area contributed by atoms with Crippen LogP contribution < -0.4 is 5.23 Å². The summed E-state index contributed by atoms with van der Waals surface area (Å²) in [6.07, 6.45) is 3.82. The van der Waals surface area contributed by atoms with E-state index in [1.54, 1.807) is 0 Å². The highest BCUT2D eigenvalue weighted by Crippen LogP contribution is 1.82. The van der Waals surface area contributed by atoms with Gasteiger partial charge in [0.15, 0.2) is 0 Å². The summed E-state index contributed by atoms with van der Waals surface area (Å²) in [5, 5.41) is 2.89. The van der Waals surface area contributed by atoms with E-state index in [9.17, 15) is 0 Å². The van der Waals surface area contributed by atoms with Crippen LogP contribution in [0.4, 0.5) is 0 Å². The van der Waals surface area contributed by atoms with E-state index in [0.29, 0.717) is 0 Å². The highest BCUT2D eigenvalue weighted by molar-refractivity contribution is 6.30. The van der Waals surface area contributed by atoms with Crippen molar-refractivity contribution in [2.75, 3.05) is 7.05 Å². The van der Waals surface area contributed by atoms with Gasteiger partial charge in [-0.1, -0.05) is 0 Å². The molecule has 0 saturated carbocycles. The Balaban J connectivity index is 2.38. The minimum absolute atomic E-state index is 1.88. The Hall–Kier alpha value is -0.595. The Morgan fingerprint density at radius 2 is 2.67 bits per heavy atom. The number of hydrogen-bond acceptors (Lipinski definition) is 2. The Labute approximate surface area is 38.1 Å². The lowest BCUT2D eigenvalue weighted by Crippen LogP contribution is -2.20. The summed E-state index contributed by atoms with van der Waals surface area (Å²) in [7, 11) is 3.84. The smallest absolute Gasteiger partial charge is 0.387 e. The molecule has 0 unspecified atom stereocenters. The second-order valence-corrected chi connectivity index (χ2v) is 1.28. The van der Waals surface area contributed by atoms with Gasteiger partial charge in [0.2, 0.25) is 0 Å². The van der Waals surface area contributed by atoms with Crippen LogP contribution in [0, 0.1) is 0 Å². The van der Waals surface area contributed by atoms with Gasteiger partial charge in [-0.2, -0.15) is 0 Å². The van der Waals surface area contributed by atoms with E-state index >= 15 is 0 Å². The molecule has 0 amide bonds. The molecule has 6 heavy (non-hydrogen) atoms. The van der Waals surface area contributed by atoms with Crippen molar-refractivity contribution in [1.82, 2.24) is 10.0 Å². The lowest BCUT2D eigenvalue weighted by atomic mass is 10.2. The molecule has 0 aromatic carbocycles. The molecule has 1 radical (unpaired) electrons. The monoisotopic (exact) mass is 81.1 g/mol. The van der Waals surface area contributed by atoms with Crippen LogP contribution >= 0.6 is 0 Å². The summed E-state index contributed by atoms with van der Waals surface area (Å²) < 4.78 is 0. The topological polar surface area (TPSA) is 15.3 Å². The average Bonchev–Trinajstić information content (AvgIpc) is 1.86. The number of hydrogen-bond donors (Lipinski definition) is 1. The average molecular weight is 80.9 g/mol. The molecule has 1 aliphatic rings. The number of nitrogens with one attached hydrogen (secondary N) is 1. The molecule has 0 bridgehead atoms. The normalized spacial score (nSPS) is 17.2. The van der Waals surface area contributed by atoms with Crippen molar-refractivity contribution < 1.29 is 0 Å². The molecule has 0 atom stereocenters. The molecule has 2 nitrogen and oxygen atoms in total. The van der Waals surface area contributed by atoms with E-state index < -0.39 is 0 Å².